The second-order valence-electron chi connectivity index (χ2n) is 8.16. The highest BCUT2D eigenvalue weighted by Crippen LogP contribution is 2.27. The standard InChI is InChI=1S/C25H31FN2O4/c1-27(24(29)17-31-2)23(16-19-8-10-21(26)11-9-19)20-12-14-28(15-13-20)25(30)18-32-22-6-4-3-5-7-22/h3-11,20,23H,12-18H2,1-2H3. The van der Waals surface area contributed by atoms with Crippen LogP contribution in [-0.4, -0.2) is 68.1 Å². The molecule has 0 aromatic heterocycles. The lowest BCUT2D eigenvalue weighted by atomic mass is 9.85. The number of nitrogens with zero attached hydrogens (tertiary/aromatic N) is 2. The van der Waals surface area contributed by atoms with E-state index in [1.165, 1.54) is 19.2 Å². The number of hydrogen-bond donors (Lipinski definition) is 0. The zero-order valence-corrected chi connectivity index (χ0v) is 18.7. The lowest BCUT2D eigenvalue weighted by Gasteiger charge is -2.40. The van der Waals surface area contributed by atoms with Gasteiger partial charge in [-0.15, -0.1) is 0 Å². The Bertz CT molecular complexity index is 867. The third-order valence-corrected chi connectivity index (χ3v) is 6.06. The number of para-hydroxylation sites is 1. The largest absolute Gasteiger partial charge is 0.484 e. The second-order valence-corrected chi connectivity index (χ2v) is 8.16. The van der Waals surface area contributed by atoms with Crippen LogP contribution >= 0.6 is 0 Å². The van der Waals surface area contributed by atoms with E-state index in [4.69, 9.17) is 9.47 Å². The summed E-state index contributed by atoms with van der Waals surface area (Å²) in [6, 6.07) is 15.6. The molecule has 1 atom stereocenters. The van der Waals surface area contributed by atoms with E-state index in [9.17, 15) is 14.0 Å². The summed E-state index contributed by atoms with van der Waals surface area (Å²) in [5, 5.41) is 0. The van der Waals surface area contributed by atoms with E-state index in [0.717, 1.165) is 18.4 Å². The van der Waals surface area contributed by atoms with Crippen LogP contribution in [-0.2, 0) is 20.7 Å². The van der Waals surface area contributed by atoms with E-state index in [1.807, 2.05) is 35.2 Å². The molecule has 0 aliphatic carbocycles. The maximum atomic E-state index is 13.3. The highest BCUT2D eigenvalue weighted by molar-refractivity contribution is 5.78. The minimum Gasteiger partial charge on any atom is -0.484 e. The number of piperidine rings is 1. The number of likely N-dealkylation sites (tertiary alicyclic amines) is 1. The molecule has 172 valence electrons. The van der Waals surface area contributed by atoms with Crippen LogP contribution in [0.15, 0.2) is 54.6 Å². The van der Waals surface area contributed by atoms with Crippen molar-refractivity contribution in [1.29, 1.82) is 0 Å². The number of methoxy groups -OCH3 is 1. The summed E-state index contributed by atoms with van der Waals surface area (Å²) in [7, 11) is 3.29. The van der Waals surface area contributed by atoms with E-state index in [1.54, 1.807) is 24.1 Å². The van der Waals surface area contributed by atoms with Crippen LogP contribution in [0.25, 0.3) is 0 Å². The number of halogens is 1. The van der Waals surface area contributed by atoms with Crippen LogP contribution in [0.5, 0.6) is 5.75 Å². The molecule has 3 rings (SSSR count). The predicted octanol–water partition coefficient (Wildman–Crippen LogP) is 3.16. The Labute approximate surface area is 188 Å². The number of hydrogen-bond acceptors (Lipinski definition) is 4. The number of amides is 2. The van der Waals surface area contributed by atoms with Crippen molar-refractivity contribution in [2.24, 2.45) is 5.92 Å². The van der Waals surface area contributed by atoms with Crippen LogP contribution in [0.4, 0.5) is 4.39 Å². The molecule has 1 fully saturated rings. The molecule has 7 heteroatoms. The first-order chi connectivity index (χ1) is 15.5. The molecule has 1 aliphatic rings. The molecule has 1 unspecified atom stereocenters. The SMILES string of the molecule is COCC(=O)N(C)C(Cc1ccc(F)cc1)C1CCN(C(=O)COc2ccccc2)CC1. The van der Waals surface area contributed by atoms with E-state index in [0.29, 0.717) is 25.3 Å². The van der Waals surface area contributed by atoms with Crippen molar-refractivity contribution in [1.82, 2.24) is 9.80 Å². The predicted molar refractivity (Wildman–Crippen MR) is 120 cm³/mol. The molecule has 1 saturated heterocycles. The van der Waals surface area contributed by atoms with Crippen molar-refractivity contribution in [2.45, 2.75) is 25.3 Å². The second kappa shape index (κ2) is 11.6. The summed E-state index contributed by atoms with van der Waals surface area (Å²) in [5.74, 6) is 0.498. The number of ether oxygens (including phenoxy) is 2. The van der Waals surface area contributed by atoms with E-state index in [-0.39, 0.29) is 42.8 Å². The highest BCUT2D eigenvalue weighted by Gasteiger charge is 2.32. The van der Waals surface area contributed by atoms with Crippen LogP contribution in [0, 0.1) is 11.7 Å². The lowest BCUT2D eigenvalue weighted by molar-refractivity contribution is -0.139. The van der Waals surface area contributed by atoms with Crippen molar-refractivity contribution in [2.75, 3.05) is 40.5 Å². The van der Waals surface area contributed by atoms with Crippen LogP contribution < -0.4 is 4.74 Å². The van der Waals surface area contributed by atoms with Gasteiger partial charge >= 0.3 is 0 Å². The van der Waals surface area contributed by atoms with Gasteiger partial charge in [0.25, 0.3) is 5.91 Å². The molecule has 0 radical (unpaired) electrons. The van der Waals surface area contributed by atoms with Gasteiger partial charge in [0.05, 0.1) is 0 Å². The normalized spacial score (nSPS) is 15.3. The molecule has 2 aromatic rings. The fourth-order valence-corrected chi connectivity index (χ4v) is 4.18. The van der Waals surface area contributed by atoms with Crippen LogP contribution in [0.3, 0.4) is 0 Å². The first-order valence-corrected chi connectivity index (χ1v) is 10.9. The van der Waals surface area contributed by atoms with Crippen molar-refractivity contribution in [3.8, 4) is 5.75 Å². The van der Waals surface area contributed by atoms with Crippen molar-refractivity contribution in [3.05, 3.63) is 66.0 Å². The Hall–Kier alpha value is -2.93. The molecule has 0 bridgehead atoms. The van der Waals surface area contributed by atoms with Gasteiger partial charge in [0.1, 0.15) is 18.2 Å². The molecule has 1 aliphatic heterocycles. The molecular weight excluding hydrogens is 411 g/mol. The maximum absolute atomic E-state index is 13.3. The van der Waals surface area contributed by atoms with Gasteiger partial charge in [-0.25, -0.2) is 4.39 Å². The molecule has 1 heterocycles. The summed E-state index contributed by atoms with van der Waals surface area (Å²) in [6.45, 7) is 1.27. The van der Waals surface area contributed by atoms with Gasteiger partial charge in [-0.3, -0.25) is 9.59 Å². The zero-order chi connectivity index (χ0) is 22.9. The number of carbonyl (C=O) groups excluding carboxylic acids is 2. The number of carbonyl (C=O) groups is 2. The van der Waals surface area contributed by atoms with Gasteiger partial charge in [-0.05, 0) is 55.0 Å². The molecule has 0 spiro atoms. The Morgan fingerprint density at radius 2 is 1.72 bits per heavy atom. The van der Waals surface area contributed by atoms with E-state index in [2.05, 4.69) is 0 Å². The maximum Gasteiger partial charge on any atom is 0.260 e. The van der Waals surface area contributed by atoms with Crippen LogP contribution in [0.1, 0.15) is 18.4 Å². The molecule has 2 amide bonds. The average Bonchev–Trinajstić information content (AvgIpc) is 2.82. The number of rotatable bonds is 9. The Kier molecular flexibility index (Phi) is 8.62. The summed E-state index contributed by atoms with van der Waals surface area (Å²) in [5.41, 5.74) is 0.975. The van der Waals surface area contributed by atoms with Gasteiger partial charge in [-0.1, -0.05) is 30.3 Å². The van der Waals surface area contributed by atoms with Gasteiger partial charge in [0.15, 0.2) is 6.61 Å². The molecule has 2 aromatic carbocycles. The summed E-state index contributed by atoms with van der Waals surface area (Å²) in [4.78, 5) is 28.7. The zero-order valence-electron chi connectivity index (χ0n) is 18.7. The van der Waals surface area contributed by atoms with Gasteiger partial charge < -0.3 is 19.3 Å². The smallest absolute Gasteiger partial charge is 0.260 e. The van der Waals surface area contributed by atoms with Gasteiger partial charge in [-0.2, -0.15) is 0 Å². The fourth-order valence-electron chi connectivity index (χ4n) is 4.18. The number of likely N-dealkylation sites (N-methyl/N-ethyl adjacent to an activating group) is 1. The first kappa shape index (κ1) is 23.7. The Balaban J connectivity index is 1.60. The van der Waals surface area contributed by atoms with Gasteiger partial charge in [0.2, 0.25) is 5.91 Å². The third kappa shape index (κ3) is 6.53. The Morgan fingerprint density at radius 3 is 2.34 bits per heavy atom. The average molecular weight is 443 g/mol. The monoisotopic (exact) mass is 442 g/mol. The minimum atomic E-state index is -0.279. The fraction of sp³-hybridized carbons (Fsp3) is 0.440. The lowest BCUT2D eigenvalue weighted by Crippen LogP contribution is -2.49. The van der Waals surface area contributed by atoms with Gasteiger partial charge in [0, 0.05) is 33.3 Å². The molecule has 0 N–H and O–H groups in total. The molecule has 32 heavy (non-hydrogen) atoms. The first-order valence-electron chi connectivity index (χ1n) is 10.9. The van der Waals surface area contributed by atoms with Crippen molar-refractivity contribution >= 4 is 11.8 Å². The third-order valence-electron chi connectivity index (χ3n) is 6.06. The van der Waals surface area contributed by atoms with E-state index < -0.39 is 0 Å². The summed E-state index contributed by atoms with van der Waals surface area (Å²) in [6.07, 6.45) is 2.20. The molecule has 0 saturated carbocycles. The minimum absolute atomic E-state index is 0.0138. The van der Waals surface area contributed by atoms with Crippen molar-refractivity contribution < 1.29 is 23.5 Å². The van der Waals surface area contributed by atoms with Crippen LogP contribution in [0.2, 0.25) is 0 Å². The molecular formula is C25H31FN2O4. The molecule has 6 nitrogen and oxygen atoms in total. The van der Waals surface area contributed by atoms with E-state index >= 15 is 0 Å². The summed E-state index contributed by atoms with van der Waals surface area (Å²) >= 11 is 0. The summed E-state index contributed by atoms with van der Waals surface area (Å²) < 4.78 is 24.0. The topological polar surface area (TPSA) is 59.1 Å². The Morgan fingerprint density at radius 1 is 1.06 bits per heavy atom. The number of benzene rings is 2. The van der Waals surface area contributed by atoms with Crippen molar-refractivity contribution in [3.63, 3.8) is 0 Å². The highest BCUT2D eigenvalue weighted by atomic mass is 19.1. The quantitative estimate of drug-likeness (QED) is 0.599.